The van der Waals surface area contributed by atoms with Gasteiger partial charge in [0.15, 0.2) is 6.61 Å². The summed E-state index contributed by atoms with van der Waals surface area (Å²) in [6.45, 7) is 2.66. The van der Waals surface area contributed by atoms with Crippen LogP contribution in [0.1, 0.15) is 45.1 Å². The molecule has 1 heterocycles. The van der Waals surface area contributed by atoms with Crippen LogP contribution < -0.4 is 14.4 Å². The van der Waals surface area contributed by atoms with E-state index >= 15 is 0 Å². The normalized spacial score (nSPS) is 12.0. The molecule has 1 aromatic heterocycles. The molecule has 0 N–H and O–H groups in total. The number of nitrogens with zero attached hydrogens (tertiary/aromatic N) is 3. The number of aromatic nitrogens is 2. The Kier molecular flexibility index (Phi) is 8.97. The number of ether oxygens (including phenoxy) is 2. The van der Waals surface area contributed by atoms with Gasteiger partial charge in [-0.2, -0.15) is 31.3 Å². The molecule has 0 amide bonds. The highest BCUT2D eigenvalue weighted by atomic mass is 19.4. The Morgan fingerprint density at radius 3 is 2.34 bits per heavy atom. The molecule has 32 heavy (non-hydrogen) atoms. The van der Waals surface area contributed by atoms with E-state index in [1.807, 2.05) is 0 Å². The zero-order chi connectivity index (χ0) is 23.8. The maximum Gasteiger partial charge on any atom is 0.423 e. The molecule has 2 aromatic rings. The Bertz CT molecular complexity index is 858. The summed E-state index contributed by atoms with van der Waals surface area (Å²) >= 11 is 0. The summed E-state index contributed by atoms with van der Waals surface area (Å²) in [7, 11) is 0. The van der Waals surface area contributed by atoms with Crippen molar-refractivity contribution in [3.63, 3.8) is 0 Å². The third-order valence-corrected chi connectivity index (χ3v) is 4.37. The zero-order valence-corrected chi connectivity index (χ0v) is 17.8. The molecule has 0 aliphatic carbocycles. The number of alkyl halides is 6. The first-order valence-electron chi connectivity index (χ1n) is 10.2. The highest BCUT2D eigenvalue weighted by Gasteiger charge is 2.38. The van der Waals surface area contributed by atoms with Crippen molar-refractivity contribution in [2.24, 2.45) is 0 Å². The first-order chi connectivity index (χ1) is 15.0. The van der Waals surface area contributed by atoms with E-state index in [9.17, 15) is 26.3 Å². The minimum absolute atomic E-state index is 0.224. The maximum absolute atomic E-state index is 13.2. The fourth-order valence-corrected chi connectivity index (χ4v) is 2.84. The van der Waals surface area contributed by atoms with Gasteiger partial charge in [0, 0.05) is 24.5 Å². The van der Waals surface area contributed by atoms with Gasteiger partial charge in [0.25, 0.3) is 0 Å². The van der Waals surface area contributed by atoms with E-state index in [0.29, 0.717) is 24.2 Å². The molecule has 11 heteroatoms. The monoisotopic (exact) mass is 465 g/mol. The van der Waals surface area contributed by atoms with Gasteiger partial charge in [-0.05, 0) is 25.5 Å². The molecule has 0 radical (unpaired) electrons. The Morgan fingerprint density at radius 2 is 1.72 bits per heavy atom. The highest BCUT2D eigenvalue weighted by Crippen LogP contribution is 2.37. The summed E-state index contributed by atoms with van der Waals surface area (Å²) in [4.78, 5) is 8.81. The number of benzene rings is 1. The molecular formula is C21H25F6N3O2. The van der Waals surface area contributed by atoms with Crippen LogP contribution >= 0.6 is 0 Å². The van der Waals surface area contributed by atoms with E-state index in [0.717, 1.165) is 25.7 Å². The standard InChI is InChI=1S/C21H25F6N3O2/c1-3-5-6-7-11-31-16-10-8-9-15(12-16)30(4-2)19-28-13-17(21(25,26)27)18(29-19)32-14-20(22,23)24/h8-10,12-13H,3-7,11,14H2,1-2H3. The number of hydrogen-bond donors (Lipinski definition) is 0. The molecule has 5 nitrogen and oxygen atoms in total. The van der Waals surface area contributed by atoms with Crippen molar-refractivity contribution >= 4 is 11.6 Å². The number of anilines is 2. The largest absolute Gasteiger partial charge is 0.494 e. The second kappa shape index (κ2) is 11.2. The van der Waals surface area contributed by atoms with Crippen molar-refractivity contribution in [3.8, 4) is 11.6 Å². The van der Waals surface area contributed by atoms with E-state index in [1.54, 1.807) is 31.2 Å². The van der Waals surface area contributed by atoms with E-state index in [-0.39, 0.29) is 12.5 Å². The lowest BCUT2D eigenvalue weighted by Crippen LogP contribution is -2.24. The van der Waals surface area contributed by atoms with Gasteiger partial charge in [0.2, 0.25) is 11.8 Å². The summed E-state index contributed by atoms with van der Waals surface area (Å²) in [5, 5.41) is 0. The predicted molar refractivity (Wildman–Crippen MR) is 107 cm³/mol. The van der Waals surface area contributed by atoms with Gasteiger partial charge in [-0.15, -0.1) is 0 Å². The minimum atomic E-state index is -4.97. The van der Waals surface area contributed by atoms with Crippen LogP contribution in [0.5, 0.6) is 11.6 Å². The smallest absolute Gasteiger partial charge is 0.423 e. The molecule has 0 aliphatic heterocycles. The van der Waals surface area contributed by atoms with Crippen molar-refractivity contribution in [1.29, 1.82) is 0 Å². The van der Waals surface area contributed by atoms with Crippen molar-refractivity contribution < 1.29 is 35.8 Å². The molecule has 0 aliphatic rings. The van der Waals surface area contributed by atoms with Crippen LogP contribution in [0, 0.1) is 0 Å². The second-order valence-corrected chi connectivity index (χ2v) is 6.94. The molecule has 0 spiro atoms. The van der Waals surface area contributed by atoms with E-state index < -0.39 is 30.4 Å². The van der Waals surface area contributed by atoms with Crippen LogP contribution in [-0.4, -0.2) is 35.9 Å². The lowest BCUT2D eigenvalue weighted by molar-refractivity contribution is -0.159. The molecule has 0 unspecified atom stereocenters. The molecular weight excluding hydrogens is 440 g/mol. The molecule has 0 atom stereocenters. The van der Waals surface area contributed by atoms with Crippen molar-refractivity contribution in [1.82, 2.24) is 9.97 Å². The van der Waals surface area contributed by atoms with Crippen LogP contribution in [0.15, 0.2) is 30.5 Å². The van der Waals surface area contributed by atoms with E-state index in [2.05, 4.69) is 21.6 Å². The van der Waals surface area contributed by atoms with Crippen LogP contribution in [0.25, 0.3) is 0 Å². The van der Waals surface area contributed by atoms with Gasteiger partial charge in [-0.3, -0.25) is 0 Å². The molecule has 0 saturated carbocycles. The molecule has 178 valence electrons. The maximum atomic E-state index is 13.2. The first-order valence-corrected chi connectivity index (χ1v) is 10.2. The van der Waals surface area contributed by atoms with Crippen LogP contribution in [0.3, 0.4) is 0 Å². The zero-order valence-electron chi connectivity index (χ0n) is 17.8. The lowest BCUT2D eigenvalue weighted by atomic mass is 10.2. The minimum Gasteiger partial charge on any atom is -0.494 e. The summed E-state index contributed by atoms with van der Waals surface area (Å²) < 4.78 is 87.1. The van der Waals surface area contributed by atoms with Crippen molar-refractivity contribution in [2.75, 3.05) is 24.7 Å². The fourth-order valence-electron chi connectivity index (χ4n) is 2.84. The van der Waals surface area contributed by atoms with Crippen LogP contribution in [0.4, 0.5) is 38.0 Å². The van der Waals surface area contributed by atoms with Crippen molar-refractivity contribution in [3.05, 3.63) is 36.0 Å². The lowest BCUT2D eigenvalue weighted by Gasteiger charge is -2.23. The molecule has 1 aromatic carbocycles. The van der Waals surface area contributed by atoms with Crippen molar-refractivity contribution in [2.45, 2.75) is 51.9 Å². The van der Waals surface area contributed by atoms with Gasteiger partial charge in [-0.25, -0.2) is 4.98 Å². The Hall–Kier alpha value is -2.72. The highest BCUT2D eigenvalue weighted by molar-refractivity contribution is 5.59. The first kappa shape index (κ1) is 25.5. The summed E-state index contributed by atoms with van der Waals surface area (Å²) in [5.74, 6) is -0.850. The van der Waals surface area contributed by atoms with Gasteiger partial charge in [0.05, 0.1) is 6.61 Å². The number of halogens is 6. The van der Waals surface area contributed by atoms with Crippen LogP contribution in [-0.2, 0) is 6.18 Å². The van der Waals surface area contributed by atoms with Gasteiger partial charge >= 0.3 is 12.4 Å². The topological polar surface area (TPSA) is 47.5 Å². The van der Waals surface area contributed by atoms with Gasteiger partial charge in [0.1, 0.15) is 11.3 Å². The van der Waals surface area contributed by atoms with E-state index in [4.69, 9.17) is 4.74 Å². The molecule has 0 saturated heterocycles. The molecule has 0 bridgehead atoms. The SMILES string of the molecule is CCCCCCOc1cccc(N(CC)c2ncc(C(F)(F)F)c(OCC(F)(F)F)n2)c1. The average Bonchev–Trinajstić information content (AvgIpc) is 2.72. The number of hydrogen-bond acceptors (Lipinski definition) is 5. The summed E-state index contributed by atoms with van der Waals surface area (Å²) in [6, 6.07) is 6.78. The predicted octanol–water partition coefficient (Wildman–Crippen LogP) is 6.55. The molecule has 0 fully saturated rings. The summed E-state index contributed by atoms with van der Waals surface area (Å²) in [5.41, 5.74) is -0.967. The Balaban J connectivity index is 2.27. The van der Waals surface area contributed by atoms with Crippen LogP contribution in [0.2, 0.25) is 0 Å². The quantitative estimate of drug-likeness (QED) is 0.278. The van der Waals surface area contributed by atoms with E-state index in [1.165, 1.54) is 4.90 Å². The fraction of sp³-hybridized carbons (Fsp3) is 0.524. The summed E-state index contributed by atoms with van der Waals surface area (Å²) in [6.07, 6.45) is -5.23. The molecule has 2 rings (SSSR count). The average molecular weight is 465 g/mol. The third-order valence-electron chi connectivity index (χ3n) is 4.37. The Morgan fingerprint density at radius 1 is 0.969 bits per heavy atom. The number of rotatable bonds is 11. The second-order valence-electron chi connectivity index (χ2n) is 6.94. The Labute approximate surface area is 182 Å². The van der Waals surface area contributed by atoms with Gasteiger partial charge < -0.3 is 14.4 Å². The third kappa shape index (κ3) is 7.76. The number of unbranched alkanes of at least 4 members (excludes halogenated alkanes) is 3. The van der Waals surface area contributed by atoms with Gasteiger partial charge in [-0.1, -0.05) is 32.3 Å².